The molecule has 0 fully saturated rings. The second-order valence-electron chi connectivity index (χ2n) is 4.82. The fourth-order valence-electron chi connectivity index (χ4n) is 1.86. The van der Waals surface area contributed by atoms with Crippen LogP contribution in [0.3, 0.4) is 0 Å². The Balaban J connectivity index is 1.86. The molecule has 0 atom stereocenters. The molecule has 0 unspecified atom stereocenters. The minimum atomic E-state index is -0.218. The van der Waals surface area contributed by atoms with Gasteiger partial charge in [0.2, 0.25) is 0 Å². The number of benzene rings is 2. The number of amides is 1. The van der Waals surface area contributed by atoms with Crippen LogP contribution in [-0.4, -0.2) is 25.3 Å². The Morgan fingerprint density at radius 3 is 2.65 bits per heavy atom. The van der Waals surface area contributed by atoms with Gasteiger partial charge in [-0.05, 0) is 36.8 Å². The average Bonchev–Trinajstić information content (AvgIpc) is 2.58. The van der Waals surface area contributed by atoms with Crippen molar-refractivity contribution in [2.75, 3.05) is 19.0 Å². The summed E-state index contributed by atoms with van der Waals surface area (Å²) >= 11 is 3.38. The Labute approximate surface area is 143 Å². The van der Waals surface area contributed by atoms with Crippen molar-refractivity contribution in [1.29, 1.82) is 0 Å². The molecule has 0 heterocycles. The zero-order chi connectivity index (χ0) is 16.7. The Morgan fingerprint density at radius 1 is 1.22 bits per heavy atom. The van der Waals surface area contributed by atoms with Crippen molar-refractivity contribution >= 4 is 33.2 Å². The Bertz CT molecular complexity index is 699. The summed E-state index contributed by atoms with van der Waals surface area (Å²) in [5.74, 6) is 0.517. The lowest BCUT2D eigenvalue weighted by Gasteiger charge is -2.07. The van der Waals surface area contributed by atoms with Gasteiger partial charge in [0, 0.05) is 16.2 Å². The quantitative estimate of drug-likeness (QED) is 0.600. The van der Waals surface area contributed by atoms with Gasteiger partial charge in [-0.1, -0.05) is 34.1 Å². The molecule has 6 heteroatoms. The van der Waals surface area contributed by atoms with Crippen LogP contribution in [0.2, 0.25) is 0 Å². The summed E-state index contributed by atoms with van der Waals surface area (Å²) in [5.41, 5.74) is 5.05. The number of methoxy groups -OCH3 is 1. The van der Waals surface area contributed by atoms with Crippen LogP contribution in [0.25, 0.3) is 0 Å². The molecule has 0 radical (unpaired) electrons. The van der Waals surface area contributed by atoms with Crippen LogP contribution in [-0.2, 0) is 4.79 Å². The fourth-order valence-corrected chi connectivity index (χ4v) is 2.12. The van der Waals surface area contributed by atoms with E-state index in [2.05, 4.69) is 31.8 Å². The highest BCUT2D eigenvalue weighted by atomic mass is 79.9. The molecule has 2 aromatic carbocycles. The molecule has 2 N–H and O–H groups in total. The molecule has 0 saturated heterocycles. The molecule has 1 amide bonds. The third-order valence-corrected chi connectivity index (χ3v) is 3.66. The number of hydrogen-bond donors (Lipinski definition) is 2. The van der Waals surface area contributed by atoms with Crippen molar-refractivity contribution in [3.8, 4) is 5.75 Å². The van der Waals surface area contributed by atoms with E-state index in [0.717, 1.165) is 27.2 Å². The first-order valence-electron chi connectivity index (χ1n) is 7.05. The van der Waals surface area contributed by atoms with Gasteiger partial charge in [0.1, 0.15) is 5.75 Å². The molecule has 0 aromatic heterocycles. The highest BCUT2D eigenvalue weighted by Crippen LogP contribution is 2.16. The Hall–Kier alpha value is -2.34. The highest BCUT2D eigenvalue weighted by Gasteiger charge is 2.02. The summed E-state index contributed by atoms with van der Waals surface area (Å²) in [7, 11) is 1.60. The minimum Gasteiger partial charge on any atom is -0.497 e. The molecule has 0 saturated carbocycles. The standard InChI is InChI=1S/C17H18BrN3O2/c1-12(13-6-8-14(18)9-7-13)20-21-17(22)11-19-15-4-3-5-16(10-15)23-2/h3-10,19H,11H2,1-2H3,(H,21,22)/b20-12-. The number of nitrogens with one attached hydrogen (secondary N) is 2. The van der Waals surface area contributed by atoms with Gasteiger partial charge in [0.15, 0.2) is 0 Å². The van der Waals surface area contributed by atoms with Crippen LogP contribution in [0.1, 0.15) is 12.5 Å². The van der Waals surface area contributed by atoms with E-state index in [1.54, 1.807) is 7.11 Å². The molecule has 0 aliphatic carbocycles. The van der Waals surface area contributed by atoms with Crippen LogP contribution in [0, 0.1) is 0 Å². The number of carbonyl (C=O) groups excluding carboxylic acids is 1. The molecular formula is C17H18BrN3O2. The van der Waals surface area contributed by atoms with Crippen LogP contribution in [0.4, 0.5) is 5.69 Å². The third kappa shape index (κ3) is 5.41. The molecule has 0 aliphatic rings. The average molecular weight is 376 g/mol. The van der Waals surface area contributed by atoms with Crippen molar-refractivity contribution in [3.05, 3.63) is 58.6 Å². The first-order valence-corrected chi connectivity index (χ1v) is 7.85. The van der Waals surface area contributed by atoms with Gasteiger partial charge in [0.25, 0.3) is 5.91 Å². The first kappa shape index (κ1) is 17.0. The van der Waals surface area contributed by atoms with Crippen molar-refractivity contribution in [1.82, 2.24) is 5.43 Å². The maximum atomic E-state index is 11.8. The molecule has 23 heavy (non-hydrogen) atoms. The monoisotopic (exact) mass is 375 g/mol. The molecule has 0 bridgehead atoms. The summed E-state index contributed by atoms with van der Waals surface area (Å²) < 4.78 is 6.13. The van der Waals surface area contributed by atoms with Crippen molar-refractivity contribution in [2.24, 2.45) is 5.10 Å². The van der Waals surface area contributed by atoms with E-state index in [9.17, 15) is 4.79 Å². The predicted molar refractivity (Wildman–Crippen MR) is 96.0 cm³/mol. The molecule has 2 aromatic rings. The number of hydrogen-bond acceptors (Lipinski definition) is 4. The number of rotatable bonds is 6. The largest absolute Gasteiger partial charge is 0.497 e. The highest BCUT2D eigenvalue weighted by molar-refractivity contribution is 9.10. The van der Waals surface area contributed by atoms with Crippen LogP contribution in [0.15, 0.2) is 58.1 Å². The van der Waals surface area contributed by atoms with E-state index in [-0.39, 0.29) is 12.5 Å². The topological polar surface area (TPSA) is 62.7 Å². The number of ether oxygens (including phenoxy) is 1. The molecule has 2 rings (SSSR count). The van der Waals surface area contributed by atoms with E-state index in [0.29, 0.717) is 0 Å². The summed E-state index contributed by atoms with van der Waals surface area (Å²) in [5, 5.41) is 7.13. The van der Waals surface area contributed by atoms with Gasteiger partial charge in [0.05, 0.1) is 19.4 Å². The number of nitrogens with zero attached hydrogens (tertiary/aromatic N) is 1. The van der Waals surface area contributed by atoms with Gasteiger partial charge >= 0.3 is 0 Å². The number of halogens is 1. The third-order valence-electron chi connectivity index (χ3n) is 3.13. The van der Waals surface area contributed by atoms with Crippen LogP contribution in [0.5, 0.6) is 5.75 Å². The van der Waals surface area contributed by atoms with Gasteiger partial charge < -0.3 is 10.1 Å². The van der Waals surface area contributed by atoms with Crippen molar-refractivity contribution in [2.45, 2.75) is 6.92 Å². The van der Waals surface area contributed by atoms with Gasteiger partial charge in [-0.2, -0.15) is 5.10 Å². The zero-order valence-corrected chi connectivity index (χ0v) is 14.6. The lowest BCUT2D eigenvalue weighted by atomic mass is 10.1. The van der Waals surface area contributed by atoms with Gasteiger partial charge in [-0.3, -0.25) is 4.79 Å². The van der Waals surface area contributed by atoms with Crippen LogP contribution < -0.4 is 15.5 Å². The molecule has 120 valence electrons. The normalized spacial score (nSPS) is 11.0. The maximum absolute atomic E-state index is 11.8. The molecule has 0 aliphatic heterocycles. The second kappa shape index (κ2) is 8.33. The second-order valence-corrected chi connectivity index (χ2v) is 5.74. The van der Waals surface area contributed by atoms with E-state index >= 15 is 0 Å². The summed E-state index contributed by atoms with van der Waals surface area (Å²) in [6.45, 7) is 1.98. The predicted octanol–water partition coefficient (Wildman–Crippen LogP) is 3.41. The van der Waals surface area contributed by atoms with Crippen LogP contribution >= 0.6 is 15.9 Å². The SMILES string of the molecule is COc1cccc(NCC(=O)N/N=C(/C)c2ccc(Br)cc2)c1. The smallest absolute Gasteiger partial charge is 0.259 e. The lowest BCUT2D eigenvalue weighted by molar-refractivity contribution is -0.119. The summed E-state index contributed by atoms with van der Waals surface area (Å²) in [4.78, 5) is 11.8. The first-order chi connectivity index (χ1) is 11.1. The lowest BCUT2D eigenvalue weighted by Crippen LogP contribution is -2.26. The zero-order valence-electron chi connectivity index (χ0n) is 13.0. The minimum absolute atomic E-state index is 0.129. The maximum Gasteiger partial charge on any atom is 0.259 e. The Morgan fingerprint density at radius 2 is 1.96 bits per heavy atom. The van der Waals surface area contributed by atoms with E-state index in [1.807, 2.05) is 55.5 Å². The van der Waals surface area contributed by atoms with E-state index in [4.69, 9.17) is 4.74 Å². The number of hydrazone groups is 1. The summed E-state index contributed by atoms with van der Waals surface area (Å²) in [6, 6.07) is 15.1. The summed E-state index contributed by atoms with van der Waals surface area (Å²) in [6.07, 6.45) is 0. The van der Waals surface area contributed by atoms with E-state index in [1.165, 1.54) is 0 Å². The van der Waals surface area contributed by atoms with Gasteiger partial charge in [-0.25, -0.2) is 5.43 Å². The Kier molecular flexibility index (Phi) is 6.17. The number of anilines is 1. The number of carbonyl (C=O) groups is 1. The van der Waals surface area contributed by atoms with Crippen molar-refractivity contribution < 1.29 is 9.53 Å². The van der Waals surface area contributed by atoms with E-state index < -0.39 is 0 Å². The van der Waals surface area contributed by atoms with Gasteiger partial charge in [-0.15, -0.1) is 0 Å². The van der Waals surface area contributed by atoms with Crippen molar-refractivity contribution in [3.63, 3.8) is 0 Å². The fraction of sp³-hybridized carbons (Fsp3) is 0.176. The molecular weight excluding hydrogens is 358 g/mol. The molecule has 0 spiro atoms. The molecule has 5 nitrogen and oxygen atoms in total.